The van der Waals surface area contributed by atoms with E-state index < -0.39 is 0 Å². The summed E-state index contributed by atoms with van der Waals surface area (Å²) in [4.78, 5) is 11.7. The maximum atomic E-state index is 11.7. The van der Waals surface area contributed by atoms with Gasteiger partial charge in [-0.25, -0.2) is 4.79 Å². The van der Waals surface area contributed by atoms with Gasteiger partial charge in [-0.1, -0.05) is 30.7 Å². The van der Waals surface area contributed by atoms with E-state index in [1.165, 1.54) is 0 Å². The molecule has 0 aromatic heterocycles. The molecule has 2 unspecified atom stereocenters. The van der Waals surface area contributed by atoms with Crippen LogP contribution in [-0.4, -0.2) is 36.4 Å². The first kappa shape index (κ1) is 17.6. The molecule has 3 N–H and O–H groups in total. The van der Waals surface area contributed by atoms with Crippen LogP contribution in [-0.2, 0) is 0 Å². The number of nitrogens with one attached hydrogen (secondary N) is 2. The number of aliphatic hydroxyl groups is 1. The van der Waals surface area contributed by atoms with Crippen molar-refractivity contribution in [2.45, 2.75) is 38.8 Å². The van der Waals surface area contributed by atoms with Crippen molar-refractivity contribution < 1.29 is 14.6 Å². The largest absolute Gasteiger partial charge is 0.487 e. The highest BCUT2D eigenvalue weighted by atomic mass is 35.5. The molecule has 1 rings (SSSR count). The Balaban J connectivity index is 2.34. The van der Waals surface area contributed by atoms with Crippen LogP contribution in [0.25, 0.3) is 0 Å². The summed E-state index contributed by atoms with van der Waals surface area (Å²) < 4.78 is 5.66. The second-order valence-electron chi connectivity index (χ2n) is 4.83. The van der Waals surface area contributed by atoms with Gasteiger partial charge in [0, 0.05) is 12.6 Å². The van der Waals surface area contributed by atoms with Crippen molar-refractivity contribution in [1.29, 1.82) is 0 Å². The average molecular weight is 315 g/mol. The Labute approximate surface area is 130 Å². The number of benzene rings is 1. The van der Waals surface area contributed by atoms with Crippen LogP contribution in [0.4, 0.5) is 4.79 Å². The Morgan fingerprint density at radius 1 is 1.43 bits per heavy atom. The summed E-state index contributed by atoms with van der Waals surface area (Å²) in [6, 6.07) is 6.93. The molecule has 0 aliphatic heterocycles. The quantitative estimate of drug-likeness (QED) is 0.690. The van der Waals surface area contributed by atoms with E-state index in [4.69, 9.17) is 21.4 Å². The molecule has 0 radical (unpaired) electrons. The number of ether oxygens (including phenoxy) is 1. The van der Waals surface area contributed by atoms with Crippen molar-refractivity contribution >= 4 is 17.6 Å². The van der Waals surface area contributed by atoms with Gasteiger partial charge in [-0.3, -0.25) is 0 Å². The molecule has 2 atom stereocenters. The van der Waals surface area contributed by atoms with Gasteiger partial charge >= 0.3 is 6.03 Å². The first-order chi connectivity index (χ1) is 10.1. The minimum absolute atomic E-state index is 0.0187. The van der Waals surface area contributed by atoms with Gasteiger partial charge in [-0.05, 0) is 31.9 Å². The predicted octanol–water partition coefficient (Wildman–Crippen LogP) is 2.57. The van der Waals surface area contributed by atoms with Gasteiger partial charge in [0.15, 0.2) is 0 Å². The average Bonchev–Trinajstić information content (AvgIpc) is 2.47. The third kappa shape index (κ3) is 6.69. The minimum atomic E-state index is -0.259. The molecule has 0 fully saturated rings. The molecule has 5 nitrogen and oxygen atoms in total. The van der Waals surface area contributed by atoms with Crippen molar-refractivity contribution in [1.82, 2.24) is 10.6 Å². The van der Waals surface area contributed by atoms with Gasteiger partial charge < -0.3 is 20.5 Å². The molecular formula is C15H23ClN2O3. The zero-order valence-electron chi connectivity index (χ0n) is 12.4. The van der Waals surface area contributed by atoms with Crippen LogP contribution in [0.15, 0.2) is 24.3 Å². The third-order valence-electron chi connectivity index (χ3n) is 3.02. The Morgan fingerprint density at radius 3 is 2.76 bits per heavy atom. The molecule has 118 valence electrons. The lowest BCUT2D eigenvalue weighted by molar-refractivity contribution is 0.203. The van der Waals surface area contributed by atoms with E-state index in [0.717, 1.165) is 6.42 Å². The lowest BCUT2D eigenvalue weighted by Gasteiger charge is -2.19. The second kappa shape index (κ2) is 9.47. The molecule has 0 spiro atoms. The van der Waals surface area contributed by atoms with Gasteiger partial charge in [0.25, 0.3) is 0 Å². The predicted molar refractivity (Wildman–Crippen MR) is 83.9 cm³/mol. The van der Waals surface area contributed by atoms with Crippen LogP contribution in [0.3, 0.4) is 0 Å². The van der Waals surface area contributed by atoms with Crippen molar-refractivity contribution in [2.75, 3.05) is 13.2 Å². The zero-order valence-corrected chi connectivity index (χ0v) is 13.2. The molecule has 0 aliphatic carbocycles. The van der Waals surface area contributed by atoms with Crippen molar-refractivity contribution in [2.24, 2.45) is 0 Å². The highest BCUT2D eigenvalue weighted by Gasteiger charge is 2.12. The summed E-state index contributed by atoms with van der Waals surface area (Å²) in [7, 11) is 0. The number of para-hydroxylation sites is 1. The summed E-state index contributed by atoms with van der Waals surface area (Å²) in [6.45, 7) is 4.25. The Morgan fingerprint density at radius 2 is 2.14 bits per heavy atom. The Bertz CT molecular complexity index is 443. The van der Waals surface area contributed by atoms with Gasteiger partial charge in [0.2, 0.25) is 0 Å². The summed E-state index contributed by atoms with van der Waals surface area (Å²) in [5.41, 5.74) is 0. The van der Waals surface area contributed by atoms with Gasteiger partial charge in [0.1, 0.15) is 11.9 Å². The van der Waals surface area contributed by atoms with Crippen molar-refractivity contribution in [3.63, 3.8) is 0 Å². The van der Waals surface area contributed by atoms with Gasteiger partial charge in [-0.2, -0.15) is 0 Å². The number of carbonyl (C=O) groups is 1. The normalized spacial score (nSPS) is 13.3. The molecule has 1 aromatic rings. The molecule has 6 heteroatoms. The lowest BCUT2D eigenvalue weighted by Crippen LogP contribution is -2.45. The summed E-state index contributed by atoms with van der Waals surface area (Å²) in [6.07, 6.45) is 1.13. The SMILES string of the molecule is CCC(CCO)NC(=O)NCC(C)Oc1ccccc1Cl. The van der Waals surface area contributed by atoms with Crippen LogP contribution in [0.1, 0.15) is 26.7 Å². The van der Waals surface area contributed by atoms with Crippen LogP contribution < -0.4 is 15.4 Å². The molecule has 21 heavy (non-hydrogen) atoms. The van der Waals surface area contributed by atoms with E-state index in [2.05, 4.69) is 10.6 Å². The van der Waals surface area contributed by atoms with Crippen molar-refractivity contribution in [3.05, 3.63) is 29.3 Å². The fourth-order valence-electron chi connectivity index (χ4n) is 1.81. The fourth-order valence-corrected chi connectivity index (χ4v) is 1.99. The number of amides is 2. The maximum absolute atomic E-state index is 11.7. The number of hydrogen-bond donors (Lipinski definition) is 3. The standard InChI is InChI=1S/C15H23ClN2O3/c1-3-12(8-9-19)18-15(20)17-10-11(2)21-14-7-5-4-6-13(14)16/h4-7,11-12,19H,3,8-10H2,1-2H3,(H2,17,18,20). The third-order valence-corrected chi connectivity index (χ3v) is 3.33. The summed E-state index contributed by atoms with van der Waals surface area (Å²) in [5.74, 6) is 0.598. The number of rotatable bonds is 8. The van der Waals surface area contributed by atoms with E-state index in [1.807, 2.05) is 26.0 Å². The molecule has 0 bridgehead atoms. The Hall–Kier alpha value is -1.46. The maximum Gasteiger partial charge on any atom is 0.315 e. The molecule has 0 saturated heterocycles. The van der Waals surface area contributed by atoms with E-state index in [-0.39, 0.29) is 24.8 Å². The number of carbonyl (C=O) groups excluding carboxylic acids is 1. The van der Waals surface area contributed by atoms with Crippen LogP contribution in [0, 0.1) is 0 Å². The first-order valence-corrected chi connectivity index (χ1v) is 7.51. The molecule has 0 aliphatic rings. The number of halogens is 1. The second-order valence-corrected chi connectivity index (χ2v) is 5.24. The highest BCUT2D eigenvalue weighted by molar-refractivity contribution is 6.32. The van der Waals surface area contributed by atoms with E-state index in [9.17, 15) is 4.79 Å². The molecule has 1 aromatic carbocycles. The fraction of sp³-hybridized carbons (Fsp3) is 0.533. The van der Waals surface area contributed by atoms with Gasteiger partial charge in [-0.15, -0.1) is 0 Å². The van der Waals surface area contributed by atoms with Gasteiger partial charge in [0.05, 0.1) is 11.6 Å². The van der Waals surface area contributed by atoms with E-state index >= 15 is 0 Å². The zero-order chi connectivity index (χ0) is 15.7. The van der Waals surface area contributed by atoms with Crippen LogP contribution in [0.2, 0.25) is 5.02 Å². The minimum Gasteiger partial charge on any atom is -0.487 e. The summed E-state index contributed by atoms with van der Waals surface area (Å²) in [5, 5.41) is 15.0. The Kier molecular flexibility index (Phi) is 7.93. The van der Waals surface area contributed by atoms with Crippen LogP contribution >= 0.6 is 11.6 Å². The van der Waals surface area contributed by atoms with E-state index in [0.29, 0.717) is 23.7 Å². The molecular weight excluding hydrogens is 292 g/mol. The van der Waals surface area contributed by atoms with Crippen molar-refractivity contribution in [3.8, 4) is 5.75 Å². The highest BCUT2D eigenvalue weighted by Crippen LogP contribution is 2.23. The smallest absolute Gasteiger partial charge is 0.315 e. The summed E-state index contributed by atoms with van der Waals surface area (Å²) >= 11 is 6.01. The lowest BCUT2D eigenvalue weighted by atomic mass is 10.2. The van der Waals surface area contributed by atoms with E-state index in [1.54, 1.807) is 12.1 Å². The number of urea groups is 1. The molecule has 0 heterocycles. The molecule has 2 amide bonds. The first-order valence-electron chi connectivity index (χ1n) is 7.13. The topological polar surface area (TPSA) is 70.6 Å². The molecule has 0 saturated carbocycles. The van der Waals surface area contributed by atoms with Crippen LogP contribution in [0.5, 0.6) is 5.75 Å². The monoisotopic (exact) mass is 314 g/mol. The number of hydrogen-bond acceptors (Lipinski definition) is 3. The number of aliphatic hydroxyl groups excluding tert-OH is 1.